The number of hydrogen-bond acceptors (Lipinski definition) is 8. The quantitative estimate of drug-likeness (QED) is 0.259. The summed E-state index contributed by atoms with van der Waals surface area (Å²) in [5.41, 5.74) is 11.3. The van der Waals surface area contributed by atoms with Gasteiger partial charge in [0.25, 0.3) is 0 Å². The van der Waals surface area contributed by atoms with Crippen LogP contribution in [-0.4, -0.2) is 76.6 Å². The third kappa shape index (κ3) is 8.23. The number of para-hydroxylation sites is 1. The minimum atomic E-state index is -5.08. The molecule has 0 unspecified atom stereocenters. The van der Waals surface area contributed by atoms with Gasteiger partial charge in [-0.25, -0.2) is 14.8 Å². The van der Waals surface area contributed by atoms with Gasteiger partial charge in [-0.1, -0.05) is 42.5 Å². The number of carbonyl (C=O) groups excluding carboxylic acids is 1. The molecule has 0 spiro atoms. The number of rotatable bonds is 9. The molecule has 0 amide bonds. The van der Waals surface area contributed by atoms with Crippen molar-refractivity contribution >= 4 is 39.7 Å². The first kappa shape index (κ1) is 32.7. The summed E-state index contributed by atoms with van der Waals surface area (Å²) in [4.78, 5) is 32.6. The Morgan fingerprint density at radius 2 is 1.73 bits per heavy atom. The number of alkyl halides is 3. The highest BCUT2D eigenvalue weighted by Gasteiger charge is 2.38. The number of carboxylic acid groups (broad SMARTS) is 1. The van der Waals surface area contributed by atoms with Crippen LogP contribution in [0.25, 0.3) is 21.9 Å². The van der Waals surface area contributed by atoms with Crippen molar-refractivity contribution in [3.05, 3.63) is 65.5 Å². The van der Waals surface area contributed by atoms with Gasteiger partial charge in [0.2, 0.25) is 0 Å². The number of carbonyl (C=O) groups is 2. The Kier molecular flexibility index (Phi) is 10.8. The van der Waals surface area contributed by atoms with Gasteiger partial charge in [-0.15, -0.1) is 0 Å². The van der Waals surface area contributed by atoms with E-state index in [0.717, 1.165) is 78.8 Å². The van der Waals surface area contributed by atoms with E-state index in [4.69, 9.17) is 30.1 Å². The fraction of sp³-hybridized carbons (Fsp3) is 0.419. The van der Waals surface area contributed by atoms with Gasteiger partial charge in [0.05, 0.1) is 31.2 Å². The Morgan fingerprint density at radius 3 is 2.39 bits per heavy atom. The van der Waals surface area contributed by atoms with Crippen LogP contribution in [0.4, 0.5) is 19.0 Å². The molecule has 2 aromatic heterocycles. The maximum atomic E-state index is 11.6. The minimum absolute atomic E-state index is 0.208. The van der Waals surface area contributed by atoms with Crippen LogP contribution in [0, 0.1) is 5.92 Å². The summed E-state index contributed by atoms with van der Waals surface area (Å²) in [6, 6.07) is 16.4. The van der Waals surface area contributed by atoms with Gasteiger partial charge < -0.3 is 24.9 Å². The SMILES string of the molecule is COCCc1nc2c(N)nc3ccccc3c2n1CC1CCN(Cc2cccc(CC(=O)OC)c2)CC1.O=C(O)C(F)(F)F. The van der Waals surface area contributed by atoms with E-state index in [-0.39, 0.29) is 5.97 Å². The smallest absolute Gasteiger partial charge is 0.475 e. The van der Waals surface area contributed by atoms with E-state index in [1.807, 2.05) is 30.3 Å². The summed E-state index contributed by atoms with van der Waals surface area (Å²) in [5, 5.41) is 8.21. The molecule has 1 aliphatic rings. The van der Waals surface area contributed by atoms with Crippen molar-refractivity contribution in [2.45, 2.75) is 44.9 Å². The Bertz CT molecular complexity index is 1600. The highest BCUT2D eigenvalue weighted by Crippen LogP contribution is 2.31. The van der Waals surface area contributed by atoms with Crippen molar-refractivity contribution < 1.29 is 37.3 Å². The van der Waals surface area contributed by atoms with Gasteiger partial charge in [-0.2, -0.15) is 13.2 Å². The number of piperidine rings is 1. The number of benzene rings is 2. The molecule has 236 valence electrons. The number of pyridine rings is 1. The predicted molar refractivity (Wildman–Crippen MR) is 159 cm³/mol. The lowest BCUT2D eigenvalue weighted by molar-refractivity contribution is -0.192. The number of aromatic nitrogens is 3. The van der Waals surface area contributed by atoms with Crippen LogP contribution < -0.4 is 5.73 Å². The Hall–Kier alpha value is -4.23. The summed E-state index contributed by atoms with van der Waals surface area (Å²) in [6.07, 6.45) is -1.81. The van der Waals surface area contributed by atoms with Crippen molar-refractivity contribution in [2.75, 3.05) is 39.6 Å². The Labute approximate surface area is 252 Å². The van der Waals surface area contributed by atoms with Gasteiger partial charge >= 0.3 is 18.1 Å². The Balaban J connectivity index is 0.000000566. The maximum absolute atomic E-state index is 11.6. The number of esters is 1. The summed E-state index contributed by atoms with van der Waals surface area (Å²) < 4.78 is 44.3. The van der Waals surface area contributed by atoms with Crippen molar-refractivity contribution in [1.82, 2.24) is 19.4 Å². The minimum Gasteiger partial charge on any atom is -0.475 e. The number of hydrogen-bond donors (Lipinski definition) is 2. The van der Waals surface area contributed by atoms with E-state index < -0.39 is 12.1 Å². The van der Waals surface area contributed by atoms with Crippen LogP contribution in [0.1, 0.15) is 29.8 Å². The number of methoxy groups -OCH3 is 2. The first-order chi connectivity index (χ1) is 21.0. The number of fused-ring (bicyclic) bond motifs is 3. The second kappa shape index (κ2) is 14.5. The highest BCUT2D eigenvalue weighted by molar-refractivity contribution is 6.06. The number of ether oxygens (including phenoxy) is 2. The molecule has 44 heavy (non-hydrogen) atoms. The zero-order valence-electron chi connectivity index (χ0n) is 24.6. The summed E-state index contributed by atoms with van der Waals surface area (Å²) in [6.45, 7) is 4.49. The molecule has 0 atom stereocenters. The molecule has 4 aromatic rings. The van der Waals surface area contributed by atoms with E-state index in [0.29, 0.717) is 24.8 Å². The van der Waals surface area contributed by atoms with Crippen LogP contribution in [0.15, 0.2) is 48.5 Å². The first-order valence-corrected chi connectivity index (χ1v) is 14.2. The first-order valence-electron chi connectivity index (χ1n) is 14.2. The standard InChI is InChI=1S/C29H35N5O3.C2HF3O2/c1-36-15-12-25-32-27-28(23-8-3-4-9-24(23)31-29(27)30)34(25)19-20-10-13-33(14-11-20)18-22-7-5-6-21(16-22)17-26(35)37-2;3-2(4,5)1(6)7/h3-9,16,20H,10-15,17-19H2,1-2H3,(H2,30,31);(H,6,7). The number of halogens is 3. The number of nitrogen functional groups attached to an aromatic ring is 1. The average molecular weight is 616 g/mol. The third-order valence-electron chi connectivity index (χ3n) is 7.58. The molecule has 3 heterocycles. The van der Waals surface area contributed by atoms with Crippen LogP contribution in [0.3, 0.4) is 0 Å². The summed E-state index contributed by atoms with van der Waals surface area (Å²) >= 11 is 0. The average Bonchev–Trinajstić information content (AvgIpc) is 3.36. The highest BCUT2D eigenvalue weighted by atomic mass is 19.4. The van der Waals surface area contributed by atoms with E-state index in [1.165, 1.54) is 12.7 Å². The van der Waals surface area contributed by atoms with E-state index in [2.05, 4.69) is 32.7 Å². The van der Waals surface area contributed by atoms with Crippen molar-refractivity contribution in [1.29, 1.82) is 0 Å². The second-order valence-electron chi connectivity index (χ2n) is 10.7. The van der Waals surface area contributed by atoms with Gasteiger partial charge in [-0.05, 0) is 49.0 Å². The molecule has 0 bridgehead atoms. The lowest BCUT2D eigenvalue weighted by atomic mass is 9.96. The van der Waals surface area contributed by atoms with Gasteiger partial charge in [-0.3, -0.25) is 9.69 Å². The normalized spacial score (nSPS) is 14.4. The van der Waals surface area contributed by atoms with E-state index in [1.54, 1.807) is 7.11 Å². The van der Waals surface area contributed by atoms with Crippen LogP contribution in [0.5, 0.6) is 0 Å². The topological polar surface area (TPSA) is 133 Å². The molecule has 1 fully saturated rings. The fourth-order valence-electron chi connectivity index (χ4n) is 5.41. The molecule has 13 heteroatoms. The zero-order valence-corrected chi connectivity index (χ0v) is 24.6. The lowest BCUT2D eigenvalue weighted by Gasteiger charge is -2.32. The van der Waals surface area contributed by atoms with Gasteiger partial charge in [0.15, 0.2) is 5.82 Å². The second-order valence-corrected chi connectivity index (χ2v) is 10.7. The number of nitrogens with two attached hydrogens (primary N) is 1. The Morgan fingerprint density at radius 1 is 1.05 bits per heavy atom. The van der Waals surface area contributed by atoms with Gasteiger partial charge in [0.1, 0.15) is 11.3 Å². The molecule has 2 aromatic carbocycles. The number of anilines is 1. The van der Waals surface area contributed by atoms with Crippen LogP contribution in [-0.2, 0) is 45.0 Å². The molecule has 1 saturated heterocycles. The predicted octanol–water partition coefficient (Wildman–Crippen LogP) is 4.62. The number of aliphatic carboxylic acids is 1. The maximum Gasteiger partial charge on any atom is 0.490 e. The third-order valence-corrected chi connectivity index (χ3v) is 7.58. The molecule has 10 nitrogen and oxygen atoms in total. The van der Waals surface area contributed by atoms with Crippen molar-refractivity contribution in [3.63, 3.8) is 0 Å². The fourth-order valence-corrected chi connectivity index (χ4v) is 5.41. The molecular formula is C31H36F3N5O5. The number of carboxylic acids is 1. The van der Waals surface area contributed by atoms with Crippen molar-refractivity contribution in [2.24, 2.45) is 5.92 Å². The monoisotopic (exact) mass is 615 g/mol. The summed E-state index contributed by atoms with van der Waals surface area (Å²) in [5.74, 6) is -0.927. The molecular weight excluding hydrogens is 579 g/mol. The largest absolute Gasteiger partial charge is 0.490 e. The van der Waals surface area contributed by atoms with Crippen LogP contribution >= 0.6 is 0 Å². The molecule has 3 N–H and O–H groups in total. The van der Waals surface area contributed by atoms with Crippen LogP contribution in [0.2, 0.25) is 0 Å². The lowest BCUT2D eigenvalue weighted by Crippen LogP contribution is -2.34. The molecule has 0 saturated carbocycles. The number of likely N-dealkylation sites (tertiary alicyclic amines) is 1. The van der Waals surface area contributed by atoms with Gasteiger partial charge in [0, 0.05) is 32.0 Å². The molecule has 1 aliphatic heterocycles. The summed E-state index contributed by atoms with van der Waals surface area (Å²) in [7, 11) is 3.15. The van der Waals surface area contributed by atoms with E-state index >= 15 is 0 Å². The number of nitrogens with zero attached hydrogens (tertiary/aromatic N) is 4. The number of imidazole rings is 1. The zero-order chi connectivity index (χ0) is 31.9. The molecule has 0 radical (unpaired) electrons. The molecule has 5 rings (SSSR count). The van der Waals surface area contributed by atoms with E-state index in [9.17, 15) is 18.0 Å². The molecule has 0 aliphatic carbocycles. The van der Waals surface area contributed by atoms with Crippen molar-refractivity contribution in [3.8, 4) is 0 Å².